The van der Waals surface area contributed by atoms with Gasteiger partial charge < -0.3 is 33.9 Å². The van der Waals surface area contributed by atoms with Crippen LogP contribution >= 0.6 is 0 Å². The van der Waals surface area contributed by atoms with E-state index in [2.05, 4.69) is 0 Å². The molecule has 0 radical (unpaired) electrons. The van der Waals surface area contributed by atoms with Crippen LogP contribution in [0, 0.1) is 50.3 Å². The quantitative estimate of drug-likeness (QED) is 0.0662. The van der Waals surface area contributed by atoms with Crippen LogP contribution in [0.2, 0.25) is 0 Å². The van der Waals surface area contributed by atoms with Crippen LogP contribution in [0.5, 0.6) is 0 Å². The van der Waals surface area contributed by atoms with E-state index >= 15 is 0 Å². The Morgan fingerprint density at radius 1 is 0.600 bits per heavy atom. The molecule has 0 aliphatic heterocycles. The molecule has 9 heteroatoms. The molecule has 2 atom stereocenters. The number of benzene rings is 4. The van der Waals surface area contributed by atoms with Gasteiger partial charge in [0.2, 0.25) is 0 Å². The van der Waals surface area contributed by atoms with Crippen LogP contribution in [0.1, 0.15) is 58.5 Å². The summed E-state index contributed by atoms with van der Waals surface area (Å²) in [5.74, 6) is -4.63. The Morgan fingerprint density at radius 2 is 0.933 bits per heavy atom. The van der Waals surface area contributed by atoms with Crippen LogP contribution in [0.15, 0.2) is 84.9 Å². The minimum Gasteiger partial charge on any atom is -0.367 e. The Bertz CT molecular complexity index is 1340. The molecule has 0 N–H and O–H groups in total. The van der Waals surface area contributed by atoms with Crippen LogP contribution in [-0.2, 0) is 44.4 Å². The zero-order chi connectivity index (χ0) is 30.5. The van der Waals surface area contributed by atoms with E-state index in [9.17, 15) is 27.2 Å². The topological polar surface area (TPSA) is 52.6 Å². The number of carbonyl (C=O) groups is 2. The molecule has 4 aromatic rings. The van der Waals surface area contributed by atoms with Crippen molar-refractivity contribution in [2.75, 3.05) is 0 Å². The summed E-state index contributed by atoms with van der Waals surface area (Å²) in [5.41, 5.74) is 1.46. The second-order valence-electron chi connectivity index (χ2n) is 9.18. The summed E-state index contributed by atoms with van der Waals surface area (Å²) in [5, 5.41) is 0. The van der Waals surface area contributed by atoms with Crippen LogP contribution in [0.25, 0.3) is 0 Å². The van der Waals surface area contributed by atoms with Crippen molar-refractivity contribution in [3.05, 3.63) is 157 Å². The molecule has 0 heterocycles. The fourth-order valence-corrected chi connectivity index (χ4v) is 3.91. The summed E-state index contributed by atoms with van der Waals surface area (Å²) in [7, 11) is 0. The first kappa shape index (κ1) is 41.6. The molecule has 0 spiro atoms. The number of ketones is 2. The minimum atomic E-state index is -0.984. The Balaban J connectivity index is 0.000000807. The molecular weight excluding hydrogens is 620 g/mol. The number of Topliss-reactive ketones (excluding diaryl/α,β-unsaturated/α-hetero) is 2. The van der Waals surface area contributed by atoms with Crippen molar-refractivity contribution >= 4 is 11.6 Å². The maximum atomic E-state index is 13.6. The fourth-order valence-electron chi connectivity index (χ4n) is 3.91. The standard InChI is InChI=1S/2C17H15F2O2.2CH3.Ti/c2*1-2-16(21-11-12-6-4-3-5-7-12)17(20)14-9-8-13(18)10-15(14)19;;;/h2*3-9,16H,2,11H2,1H3;2*1H3;/q4*-1;+4. The van der Waals surface area contributed by atoms with E-state index in [-0.39, 0.29) is 60.9 Å². The Labute approximate surface area is 278 Å². The third-order valence-corrected chi connectivity index (χ3v) is 6.17. The SMILES string of the molecule is CCC(OCc1ccccc1)C(=O)c1ccc(F)[c-]c1F.CCC(OCc1ccccc1)C(=O)c1ccc(F)[c-]c1F.[CH3-].[CH3-].[Ti+4]. The van der Waals surface area contributed by atoms with Crippen molar-refractivity contribution in [1.29, 1.82) is 0 Å². The molecule has 236 valence electrons. The van der Waals surface area contributed by atoms with E-state index in [1.807, 2.05) is 72.8 Å². The first-order valence-electron chi connectivity index (χ1n) is 13.4. The van der Waals surface area contributed by atoms with E-state index in [1.54, 1.807) is 13.8 Å². The molecule has 0 aliphatic carbocycles. The number of hydrogen-bond acceptors (Lipinski definition) is 4. The molecule has 0 saturated carbocycles. The largest absolute Gasteiger partial charge is 4.00 e. The van der Waals surface area contributed by atoms with Crippen LogP contribution in [0.3, 0.4) is 0 Å². The van der Waals surface area contributed by atoms with Gasteiger partial charge in [-0.2, -0.15) is 12.1 Å². The van der Waals surface area contributed by atoms with Crippen LogP contribution < -0.4 is 0 Å². The smallest absolute Gasteiger partial charge is 0.367 e. The van der Waals surface area contributed by atoms with Gasteiger partial charge in [-0.15, -0.1) is 24.3 Å². The molecule has 0 amide bonds. The van der Waals surface area contributed by atoms with E-state index in [0.717, 1.165) is 35.4 Å². The molecule has 4 aromatic carbocycles. The van der Waals surface area contributed by atoms with E-state index in [4.69, 9.17) is 9.47 Å². The van der Waals surface area contributed by atoms with Crippen molar-refractivity contribution in [2.45, 2.75) is 52.1 Å². The maximum Gasteiger partial charge on any atom is 4.00 e. The normalized spacial score (nSPS) is 11.3. The summed E-state index contributed by atoms with van der Waals surface area (Å²) in [6.45, 7) is 4.08. The Kier molecular flexibility index (Phi) is 19.7. The number of halogens is 4. The van der Waals surface area contributed by atoms with Crippen molar-refractivity contribution in [3.8, 4) is 0 Å². The zero-order valence-electron chi connectivity index (χ0n) is 25.7. The van der Waals surface area contributed by atoms with Gasteiger partial charge in [-0.25, -0.2) is 17.6 Å². The second-order valence-corrected chi connectivity index (χ2v) is 9.18. The van der Waals surface area contributed by atoms with Gasteiger partial charge in [0.05, 0.1) is 13.2 Å². The van der Waals surface area contributed by atoms with Gasteiger partial charge in [0.15, 0.2) is 0 Å². The predicted octanol–water partition coefficient (Wildman–Crippen LogP) is 8.78. The van der Waals surface area contributed by atoms with Crippen molar-refractivity contribution in [2.24, 2.45) is 0 Å². The number of rotatable bonds is 12. The van der Waals surface area contributed by atoms with Crippen molar-refractivity contribution in [3.63, 3.8) is 0 Å². The van der Waals surface area contributed by atoms with Gasteiger partial charge in [-0.05, 0) is 24.0 Å². The summed E-state index contributed by atoms with van der Waals surface area (Å²) >= 11 is 0. The summed E-state index contributed by atoms with van der Waals surface area (Å²) in [6, 6.07) is 26.8. The monoisotopic (exact) mass is 656 g/mol. The van der Waals surface area contributed by atoms with Crippen molar-refractivity contribution < 1.29 is 58.3 Å². The first-order chi connectivity index (χ1) is 20.2. The fraction of sp³-hybridized carbons (Fsp3) is 0.222. The summed E-state index contributed by atoms with van der Waals surface area (Å²) in [6.07, 6.45) is -0.720. The summed E-state index contributed by atoms with van der Waals surface area (Å²) < 4.78 is 63.9. The molecule has 45 heavy (non-hydrogen) atoms. The minimum absolute atomic E-state index is 0. The van der Waals surface area contributed by atoms with Crippen LogP contribution in [0.4, 0.5) is 17.6 Å². The van der Waals surface area contributed by atoms with Gasteiger partial charge >= 0.3 is 21.7 Å². The second kappa shape index (κ2) is 21.3. The molecule has 4 rings (SSSR count). The molecule has 0 saturated heterocycles. The average Bonchev–Trinajstić information content (AvgIpc) is 2.99. The molecular formula is C36H36F4O4Ti. The Hall–Kier alpha value is -3.43. The number of ether oxygens (including phenoxy) is 2. The number of carbonyl (C=O) groups excluding carboxylic acids is 2. The zero-order valence-corrected chi connectivity index (χ0v) is 27.3. The Morgan fingerprint density at radius 3 is 1.22 bits per heavy atom. The average molecular weight is 657 g/mol. The molecule has 2 unspecified atom stereocenters. The molecule has 0 aliphatic rings. The van der Waals surface area contributed by atoms with Gasteiger partial charge in [0, 0.05) is 23.3 Å². The van der Waals surface area contributed by atoms with Gasteiger partial charge in [0.1, 0.15) is 23.8 Å². The first-order valence-corrected chi connectivity index (χ1v) is 13.4. The molecule has 0 fully saturated rings. The maximum absolute atomic E-state index is 13.6. The number of hydrogen-bond donors (Lipinski definition) is 0. The third kappa shape index (κ3) is 12.8. The molecule has 0 bridgehead atoms. The van der Waals surface area contributed by atoms with E-state index < -0.39 is 47.0 Å². The van der Waals surface area contributed by atoms with Gasteiger partial charge in [0.25, 0.3) is 0 Å². The van der Waals surface area contributed by atoms with Crippen LogP contribution in [-0.4, -0.2) is 23.8 Å². The van der Waals surface area contributed by atoms with Gasteiger partial charge in [-0.1, -0.05) is 85.6 Å². The predicted molar refractivity (Wildman–Crippen MR) is 162 cm³/mol. The van der Waals surface area contributed by atoms with Crippen molar-refractivity contribution in [1.82, 2.24) is 0 Å². The van der Waals surface area contributed by atoms with E-state index in [1.165, 1.54) is 0 Å². The third-order valence-electron chi connectivity index (χ3n) is 6.17. The summed E-state index contributed by atoms with van der Waals surface area (Å²) in [4.78, 5) is 24.4. The van der Waals surface area contributed by atoms with E-state index in [0.29, 0.717) is 12.8 Å². The van der Waals surface area contributed by atoms with Gasteiger partial charge in [-0.3, -0.25) is 0 Å². The molecule has 4 nitrogen and oxygen atoms in total. The molecule has 0 aromatic heterocycles.